The van der Waals surface area contributed by atoms with E-state index in [2.05, 4.69) is 29.0 Å². The Balaban J connectivity index is 1.41. The smallest absolute Gasteiger partial charge is 0.254 e. The van der Waals surface area contributed by atoms with Crippen molar-refractivity contribution in [3.63, 3.8) is 0 Å². The van der Waals surface area contributed by atoms with Crippen LogP contribution in [0, 0.1) is 0 Å². The van der Waals surface area contributed by atoms with Gasteiger partial charge in [-0.15, -0.1) is 0 Å². The lowest BCUT2D eigenvalue weighted by molar-refractivity contribution is -0.917. The highest BCUT2D eigenvalue weighted by Gasteiger charge is 2.24. The molecule has 1 N–H and O–H groups in total. The van der Waals surface area contributed by atoms with Crippen molar-refractivity contribution < 1.29 is 9.69 Å². The minimum Gasteiger partial charge on any atom is -0.328 e. The number of benzene rings is 2. The number of carbonyl (C=O) groups excluding carboxylic acids is 1. The monoisotopic (exact) mass is 337 g/mol. The van der Waals surface area contributed by atoms with Crippen molar-refractivity contribution in [1.29, 1.82) is 0 Å². The van der Waals surface area contributed by atoms with Gasteiger partial charge in [0.25, 0.3) is 5.91 Å². The third kappa shape index (κ3) is 3.21. The van der Waals surface area contributed by atoms with Crippen molar-refractivity contribution in [3.8, 4) is 0 Å². The molecule has 1 saturated heterocycles. The molecule has 3 aromatic rings. The molecule has 122 valence electrons. The highest BCUT2D eigenvalue weighted by Crippen LogP contribution is 2.17. The van der Waals surface area contributed by atoms with Crippen LogP contribution in [0.3, 0.4) is 0 Å². The van der Waals surface area contributed by atoms with Crippen molar-refractivity contribution in [2.75, 3.05) is 26.2 Å². The van der Waals surface area contributed by atoms with Crippen LogP contribution in [0.2, 0.25) is 0 Å². The Hall–Kier alpha value is -2.17. The summed E-state index contributed by atoms with van der Waals surface area (Å²) >= 11 is 1.75. The van der Waals surface area contributed by atoms with E-state index in [1.165, 1.54) is 10.9 Å². The Morgan fingerprint density at radius 1 is 1.04 bits per heavy atom. The summed E-state index contributed by atoms with van der Waals surface area (Å²) in [7, 11) is 0. The molecule has 1 amide bonds. The van der Waals surface area contributed by atoms with E-state index in [0.29, 0.717) is 0 Å². The molecule has 1 aromatic heterocycles. The second-order valence-corrected chi connectivity index (χ2v) is 7.19. The van der Waals surface area contributed by atoms with E-state index in [4.69, 9.17) is 0 Å². The molecule has 4 heteroatoms. The zero-order chi connectivity index (χ0) is 16.4. The summed E-state index contributed by atoms with van der Waals surface area (Å²) in [5, 5.41) is 6.66. The van der Waals surface area contributed by atoms with E-state index in [1.807, 2.05) is 35.2 Å². The summed E-state index contributed by atoms with van der Waals surface area (Å²) < 4.78 is 0. The quantitative estimate of drug-likeness (QED) is 0.780. The van der Waals surface area contributed by atoms with Gasteiger partial charge in [-0.2, -0.15) is 11.3 Å². The molecule has 0 bridgehead atoms. The number of nitrogens with one attached hydrogen (secondary N) is 1. The van der Waals surface area contributed by atoms with Gasteiger partial charge in [0, 0.05) is 11.1 Å². The van der Waals surface area contributed by atoms with Gasteiger partial charge >= 0.3 is 0 Å². The second-order valence-electron chi connectivity index (χ2n) is 6.41. The van der Waals surface area contributed by atoms with Crippen molar-refractivity contribution in [2.24, 2.45) is 0 Å². The fourth-order valence-corrected chi connectivity index (χ4v) is 4.06. The maximum absolute atomic E-state index is 12.8. The Morgan fingerprint density at radius 2 is 1.83 bits per heavy atom. The van der Waals surface area contributed by atoms with E-state index in [1.54, 1.807) is 16.2 Å². The van der Waals surface area contributed by atoms with Crippen LogP contribution >= 0.6 is 11.3 Å². The molecular formula is C20H21N2OS+. The number of carbonyl (C=O) groups is 1. The fraction of sp³-hybridized carbons (Fsp3) is 0.250. The Kier molecular flexibility index (Phi) is 4.32. The van der Waals surface area contributed by atoms with E-state index < -0.39 is 0 Å². The molecule has 0 spiro atoms. The van der Waals surface area contributed by atoms with Crippen molar-refractivity contribution in [2.45, 2.75) is 6.54 Å². The summed E-state index contributed by atoms with van der Waals surface area (Å²) in [6.45, 7) is 4.79. The molecule has 2 heterocycles. The lowest BCUT2D eigenvalue weighted by atomic mass is 10.1. The number of rotatable bonds is 3. The molecule has 0 saturated carbocycles. The number of nitrogens with zero attached hydrogens (tertiary/aromatic N) is 1. The average molecular weight is 337 g/mol. The first-order chi connectivity index (χ1) is 11.8. The minimum atomic E-state index is 0.162. The zero-order valence-electron chi connectivity index (χ0n) is 13.6. The Bertz CT molecular complexity index is 836. The molecule has 0 unspecified atom stereocenters. The zero-order valence-corrected chi connectivity index (χ0v) is 14.4. The molecule has 1 fully saturated rings. The summed E-state index contributed by atoms with van der Waals surface area (Å²) in [5.74, 6) is 0.162. The molecule has 4 rings (SSSR count). The van der Waals surface area contributed by atoms with Gasteiger partial charge in [0.15, 0.2) is 0 Å². The van der Waals surface area contributed by atoms with Gasteiger partial charge in [-0.3, -0.25) is 4.79 Å². The van der Waals surface area contributed by atoms with E-state index in [-0.39, 0.29) is 5.91 Å². The summed E-state index contributed by atoms with van der Waals surface area (Å²) in [6.07, 6.45) is 0. The number of amides is 1. The van der Waals surface area contributed by atoms with Gasteiger partial charge in [-0.1, -0.05) is 30.3 Å². The van der Waals surface area contributed by atoms with Crippen LogP contribution < -0.4 is 4.90 Å². The maximum Gasteiger partial charge on any atom is 0.254 e. The standard InChI is InChI=1S/C20H20N2OS/c23-20(19-6-5-17-3-1-2-4-18(17)13-19)22-10-8-21(9-11-22)14-16-7-12-24-15-16/h1-7,12-13,15H,8-11,14H2/p+1. The van der Waals surface area contributed by atoms with E-state index >= 15 is 0 Å². The predicted octanol–water partition coefficient (Wildman–Crippen LogP) is 2.44. The van der Waals surface area contributed by atoms with Crippen molar-refractivity contribution in [3.05, 3.63) is 70.4 Å². The summed E-state index contributed by atoms with van der Waals surface area (Å²) in [5.41, 5.74) is 2.21. The van der Waals surface area contributed by atoms with E-state index in [9.17, 15) is 4.79 Å². The van der Waals surface area contributed by atoms with Gasteiger partial charge in [0.2, 0.25) is 0 Å². The molecular weight excluding hydrogens is 316 g/mol. The number of fused-ring (bicyclic) bond motifs is 1. The molecule has 24 heavy (non-hydrogen) atoms. The number of hydrogen-bond donors (Lipinski definition) is 1. The lowest BCUT2D eigenvalue weighted by Crippen LogP contribution is -3.13. The fourth-order valence-electron chi connectivity index (χ4n) is 3.39. The Labute approximate surface area is 146 Å². The van der Waals surface area contributed by atoms with Crippen molar-refractivity contribution in [1.82, 2.24) is 4.90 Å². The van der Waals surface area contributed by atoms with Crippen LogP contribution in [0.25, 0.3) is 10.8 Å². The van der Waals surface area contributed by atoms with Gasteiger partial charge < -0.3 is 9.80 Å². The van der Waals surface area contributed by atoms with Gasteiger partial charge in [0.1, 0.15) is 6.54 Å². The van der Waals surface area contributed by atoms with Crippen LogP contribution in [-0.4, -0.2) is 37.0 Å². The third-order valence-corrected chi connectivity index (χ3v) is 5.52. The Morgan fingerprint density at radius 3 is 2.58 bits per heavy atom. The number of quaternary nitrogens is 1. The average Bonchev–Trinajstić information content (AvgIpc) is 3.14. The van der Waals surface area contributed by atoms with Gasteiger partial charge in [-0.05, 0) is 39.7 Å². The topological polar surface area (TPSA) is 24.8 Å². The second kappa shape index (κ2) is 6.75. The largest absolute Gasteiger partial charge is 0.328 e. The molecule has 0 atom stereocenters. The minimum absolute atomic E-state index is 0.162. The highest BCUT2D eigenvalue weighted by atomic mass is 32.1. The summed E-state index contributed by atoms with van der Waals surface area (Å²) in [6, 6.07) is 16.4. The molecule has 3 nitrogen and oxygen atoms in total. The predicted molar refractivity (Wildman–Crippen MR) is 98.6 cm³/mol. The molecule has 2 aromatic carbocycles. The first-order valence-electron chi connectivity index (χ1n) is 8.42. The first kappa shape index (κ1) is 15.4. The van der Waals surface area contributed by atoms with Crippen LogP contribution in [0.5, 0.6) is 0 Å². The van der Waals surface area contributed by atoms with Crippen LogP contribution in [0.1, 0.15) is 15.9 Å². The highest BCUT2D eigenvalue weighted by molar-refractivity contribution is 7.07. The molecule has 0 radical (unpaired) electrons. The molecule has 1 aliphatic heterocycles. The normalized spacial score (nSPS) is 15.8. The first-order valence-corrected chi connectivity index (χ1v) is 9.36. The number of piperazine rings is 1. The summed E-state index contributed by atoms with van der Waals surface area (Å²) in [4.78, 5) is 16.4. The lowest BCUT2D eigenvalue weighted by Gasteiger charge is -2.32. The number of thiophene rings is 1. The maximum atomic E-state index is 12.8. The van der Waals surface area contributed by atoms with Crippen LogP contribution in [0.15, 0.2) is 59.3 Å². The van der Waals surface area contributed by atoms with Crippen molar-refractivity contribution >= 4 is 28.0 Å². The van der Waals surface area contributed by atoms with E-state index in [0.717, 1.165) is 43.7 Å². The van der Waals surface area contributed by atoms with Gasteiger partial charge in [-0.25, -0.2) is 0 Å². The number of hydrogen-bond acceptors (Lipinski definition) is 2. The SMILES string of the molecule is O=C(c1ccc2ccccc2c1)N1CC[NH+](Cc2ccsc2)CC1. The van der Waals surface area contributed by atoms with Crippen LogP contribution in [-0.2, 0) is 6.54 Å². The molecule has 0 aliphatic carbocycles. The van der Waals surface area contributed by atoms with Gasteiger partial charge in [0.05, 0.1) is 26.2 Å². The van der Waals surface area contributed by atoms with Crippen LogP contribution in [0.4, 0.5) is 0 Å². The molecule has 1 aliphatic rings. The third-order valence-electron chi connectivity index (χ3n) is 4.79.